The van der Waals surface area contributed by atoms with Crippen molar-refractivity contribution in [2.75, 3.05) is 5.32 Å². The van der Waals surface area contributed by atoms with Crippen LogP contribution < -0.4 is 5.32 Å². The number of para-hydroxylation sites is 1. The van der Waals surface area contributed by atoms with Gasteiger partial charge in [0.1, 0.15) is 6.54 Å². The maximum absolute atomic E-state index is 12.2. The van der Waals surface area contributed by atoms with Crippen LogP contribution in [-0.2, 0) is 13.1 Å². The summed E-state index contributed by atoms with van der Waals surface area (Å²) in [5, 5.41) is 7.26. The van der Waals surface area contributed by atoms with Gasteiger partial charge in [-0.2, -0.15) is 5.10 Å². The van der Waals surface area contributed by atoms with Crippen LogP contribution in [0.5, 0.6) is 0 Å². The Hall–Kier alpha value is -1.91. The molecule has 0 radical (unpaired) electrons. The Morgan fingerprint density at radius 1 is 1.25 bits per heavy atom. The molecular weight excluding hydrogens is 260 g/mol. The highest BCUT2D eigenvalue weighted by Crippen LogP contribution is 2.24. The average Bonchev–Trinajstić information content (AvgIpc) is 2.83. The number of benzene rings is 1. The molecule has 0 unspecified atom stereocenters. The molecule has 108 valence electrons. The SMILES string of the molecule is CC(C)c1ccccc1NCc1cnn(CC(F)F)c1. The van der Waals surface area contributed by atoms with Gasteiger partial charge in [-0.05, 0) is 17.5 Å². The lowest BCUT2D eigenvalue weighted by molar-refractivity contribution is 0.122. The standard InChI is InChI=1S/C15H19F2N3/c1-11(2)13-5-3-4-6-14(13)18-7-12-8-19-20(9-12)10-15(16)17/h3-6,8-9,11,15,18H,7,10H2,1-2H3. The molecule has 0 atom stereocenters. The van der Waals surface area contributed by atoms with Gasteiger partial charge in [-0.25, -0.2) is 8.78 Å². The molecular formula is C15H19F2N3. The number of hydrogen-bond acceptors (Lipinski definition) is 2. The number of nitrogens with one attached hydrogen (secondary N) is 1. The van der Waals surface area contributed by atoms with Crippen LogP contribution in [0.3, 0.4) is 0 Å². The summed E-state index contributed by atoms with van der Waals surface area (Å²) >= 11 is 0. The second-order valence-corrected chi connectivity index (χ2v) is 5.06. The van der Waals surface area contributed by atoms with Gasteiger partial charge in [0.05, 0.1) is 6.20 Å². The van der Waals surface area contributed by atoms with E-state index in [2.05, 4.69) is 30.3 Å². The van der Waals surface area contributed by atoms with Crippen molar-refractivity contribution in [1.29, 1.82) is 0 Å². The lowest BCUT2D eigenvalue weighted by Gasteiger charge is -2.13. The first-order valence-corrected chi connectivity index (χ1v) is 6.68. The van der Waals surface area contributed by atoms with E-state index in [1.54, 1.807) is 12.4 Å². The molecule has 0 spiro atoms. The highest BCUT2D eigenvalue weighted by atomic mass is 19.3. The minimum atomic E-state index is -2.38. The second kappa shape index (κ2) is 6.50. The molecule has 0 fully saturated rings. The molecule has 1 heterocycles. The third kappa shape index (κ3) is 3.79. The van der Waals surface area contributed by atoms with E-state index in [-0.39, 0.29) is 6.54 Å². The number of hydrogen-bond donors (Lipinski definition) is 1. The maximum atomic E-state index is 12.2. The van der Waals surface area contributed by atoms with Gasteiger partial charge in [0.15, 0.2) is 0 Å². The van der Waals surface area contributed by atoms with E-state index in [0.29, 0.717) is 12.5 Å². The summed E-state index contributed by atoms with van der Waals surface area (Å²) < 4.78 is 25.8. The van der Waals surface area contributed by atoms with Gasteiger partial charge in [-0.1, -0.05) is 32.0 Å². The first-order valence-electron chi connectivity index (χ1n) is 6.68. The Bertz CT molecular complexity index is 550. The maximum Gasteiger partial charge on any atom is 0.257 e. The summed E-state index contributed by atoms with van der Waals surface area (Å²) in [6.45, 7) is 4.50. The predicted octanol–water partition coefficient (Wildman–Crippen LogP) is 3.88. The summed E-state index contributed by atoms with van der Waals surface area (Å²) in [6.07, 6.45) is 0.891. The zero-order valence-electron chi connectivity index (χ0n) is 11.7. The predicted molar refractivity (Wildman–Crippen MR) is 76.1 cm³/mol. The normalized spacial score (nSPS) is 11.3. The van der Waals surface area contributed by atoms with Gasteiger partial charge < -0.3 is 5.32 Å². The molecule has 3 nitrogen and oxygen atoms in total. The summed E-state index contributed by atoms with van der Waals surface area (Å²) in [5.74, 6) is 0.431. The van der Waals surface area contributed by atoms with E-state index >= 15 is 0 Å². The lowest BCUT2D eigenvalue weighted by atomic mass is 10.0. The molecule has 1 aromatic carbocycles. The van der Waals surface area contributed by atoms with Crippen molar-refractivity contribution in [2.45, 2.75) is 39.3 Å². The number of alkyl halides is 2. The van der Waals surface area contributed by atoms with Crippen molar-refractivity contribution < 1.29 is 8.78 Å². The van der Waals surface area contributed by atoms with Gasteiger partial charge in [0.2, 0.25) is 0 Å². The summed E-state index contributed by atoms with van der Waals surface area (Å²) in [7, 11) is 0. The van der Waals surface area contributed by atoms with Crippen LogP contribution in [0.15, 0.2) is 36.7 Å². The van der Waals surface area contributed by atoms with Crippen LogP contribution in [0.4, 0.5) is 14.5 Å². The fraction of sp³-hybridized carbons (Fsp3) is 0.400. The number of anilines is 1. The van der Waals surface area contributed by atoms with Crippen molar-refractivity contribution >= 4 is 5.69 Å². The van der Waals surface area contributed by atoms with E-state index in [0.717, 1.165) is 11.3 Å². The molecule has 2 rings (SSSR count). The largest absolute Gasteiger partial charge is 0.381 e. The van der Waals surface area contributed by atoms with Gasteiger partial charge in [-0.15, -0.1) is 0 Å². The van der Waals surface area contributed by atoms with Crippen LogP contribution in [0.25, 0.3) is 0 Å². The number of nitrogens with zero attached hydrogens (tertiary/aromatic N) is 2. The Kier molecular flexibility index (Phi) is 4.71. The van der Waals surface area contributed by atoms with Crippen molar-refractivity contribution in [3.63, 3.8) is 0 Å². The van der Waals surface area contributed by atoms with Crippen molar-refractivity contribution in [3.05, 3.63) is 47.8 Å². The summed E-state index contributed by atoms with van der Waals surface area (Å²) in [6, 6.07) is 8.11. The Morgan fingerprint density at radius 3 is 2.70 bits per heavy atom. The van der Waals surface area contributed by atoms with Crippen LogP contribution >= 0.6 is 0 Å². The Labute approximate surface area is 117 Å². The minimum Gasteiger partial charge on any atom is -0.381 e. The zero-order chi connectivity index (χ0) is 14.5. The highest BCUT2D eigenvalue weighted by Gasteiger charge is 2.07. The van der Waals surface area contributed by atoms with Gasteiger partial charge >= 0.3 is 0 Å². The topological polar surface area (TPSA) is 29.9 Å². The smallest absolute Gasteiger partial charge is 0.257 e. The third-order valence-corrected chi connectivity index (χ3v) is 3.08. The number of halogens is 2. The highest BCUT2D eigenvalue weighted by molar-refractivity contribution is 5.52. The Balaban J connectivity index is 2.00. The second-order valence-electron chi connectivity index (χ2n) is 5.06. The van der Waals surface area contributed by atoms with E-state index in [1.165, 1.54) is 10.2 Å². The quantitative estimate of drug-likeness (QED) is 0.869. The molecule has 5 heteroatoms. The first-order chi connectivity index (χ1) is 9.56. The van der Waals surface area contributed by atoms with Gasteiger partial charge in [0.25, 0.3) is 6.43 Å². The van der Waals surface area contributed by atoms with Gasteiger partial charge in [-0.3, -0.25) is 4.68 Å². The van der Waals surface area contributed by atoms with Crippen LogP contribution in [-0.4, -0.2) is 16.2 Å². The summed E-state index contributed by atoms with van der Waals surface area (Å²) in [5.41, 5.74) is 3.21. The van der Waals surface area contributed by atoms with Crippen molar-refractivity contribution in [2.24, 2.45) is 0 Å². The monoisotopic (exact) mass is 279 g/mol. The molecule has 20 heavy (non-hydrogen) atoms. The molecule has 1 aromatic heterocycles. The van der Waals surface area contributed by atoms with Crippen molar-refractivity contribution in [1.82, 2.24) is 9.78 Å². The van der Waals surface area contributed by atoms with Crippen LogP contribution in [0.2, 0.25) is 0 Å². The molecule has 0 bridgehead atoms. The molecule has 2 aromatic rings. The zero-order valence-corrected chi connectivity index (χ0v) is 11.7. The summed E-state index contributed by atoms with van der Waals surface area (Å²) in [4.78, 5) is 0. The molecule has 0 aliphatic rings. The van der Waals surface area contributed by atoms with Crippen LogP contribution in [0, 0.1) is 0 Å². The van der Waals surface area contributed by atoms with Gasteiger partial charge in [0, 0.05) is 24.0 Å². The fourth-order valence-corrected chi connectivity index (χ4v) is 2.10. The van der Waals surface area contributed by atoms with E-state index in [4.69, 9.17) is 0 Å². The first kappa shape index (κ1) is 14.5. The molecule has 0 aliphatic heterocycles. The van der Waals surface area contributed by atoms with Crippen LogP contribution in [0.1, 0.15) is 30.9 Å². The molecule has 0 saturated carbocycles. The molecule has 0 saturated heterocycles. The third-order valence-electron chi connectivity index (χ3n) is 3.08. The minimum absolute atomic E-state index is 0.359. The molecule has 1 N–H and O–H groups in total. The average molecular weight is 279 g/mol. The van der Waals surface area contributed by atoms with Crippen molar-refractivity contribution in [3.8, 4) is 0 Å². The van der Waals surface area contributed by atoms with E-state index in [9.17, 15) is 8.78 Å². The lowest BCUT2D eigenvalue weighted by Crippen LogP contribution is -2.06. The van der Waals surface area contributed by atoms with E-state index < -0.39 is 6.43 Å². The molecule has 0 amide bonds. The molecule has 0 aliphatic carbocycles. The Morgan fingerprint density at radius 2 is 2.00 bits per heavy atom. The van der Waals surface area contributed by atoms with E-state index in [1.807, 2.05) is 18.2 Å². The fourth-order valence-electron chi connectivity index (χ4n) is 2.10. The number of rotatable bonds is 6. The number of aromatic nitrogens is 2.